The van der Waals surface area contributed by atoms with Gasteiger partial charge in [-0.1, -0.05) is 6.42 Å². The molecule has 8 heteroatoms. The van der Waals surface area contributed by atoms with Crippen LogP contribution in [0.1, 0.15) is 31.2 Å². The third-order valence-corrected chi connectivity index (χ3v) is 4.14. The van der Waals surface area contributed by atoms with E-state index in [1.165, 1.54) is 20.4 Å². The topological polar surface area (TPSA) is 89.5 Å². The largest absolute Gasteiger partial charge is 0.496 e. The van der Waals surface area contributed by atoms with Crippen molar-refractivity contribution in [3.05, 3.63) is 17.7 Å². The van der Waals surface area contributed by atoms with Crippen molar-refractivity contribution < 1.29 is 23.8 Å². The molecule has 0 unspecified atom stereocenters. The molecule has 1 aromatic carbocycles. The van der Waals surface area contributed by atoms with Gasteiger partial charge in [-0.2, -0.15) is 5.10 Å². The zero-order valence-electron chi connectivity index (χ0n) is 15.4. The Labute approximate surface area is 153 Å². The van der Waals surface area contributed by atoms with Crippen LogP contribution in [0.2, 0.25) is 0 Å². The minimum absolute atomic E-state index is 0.00700. The first kappa shape index (κ1) is 19.6. The molecule has 1 aliphatic rings. The molecule has 1 aromatic rings. The summed E-state index contributed by atoms with van der Waals surface area (Å²) < 4.78 is 15.8. The fraction of sp³-hybridized carbons (Fsp3) is 0.500. The molecule has 0 saturated carbocycles. The predicted molar refractivity (Wildman–Crippen MR) is 96.9 cm³/mol. The van der Waals surface area contributed by atoms with E-state index in [0.29, 0.717) is 35.8 Å². The predicted octanol–water partition coefficient (Wildman–Crippen LogP) is 1.57. The summed E-state index contributed by atoms with van der Waals surface area (Å²) in [6, 6.07) is 3.39. The summed E-state index contributed by atoms with van der Waals surface area (Å²) in [6.45, 7) is 0.614. The second-order valence-corrected chi connectivity index (χ2v) is 5.86. The second kappa shape index (κ2) is 9.65. The average Bonchev–Trinajstić information content (AvgIpc) is 2.85. The Hall–Kier alpha value is -2.77. The first-order valence-electron chi connectivity index (χ1n) is 8.48. The highest BCUT2D eigenvalue weighted by molar-refractivity contribution is 5.90. The van der Waals surface area contributed by atoms with Crippen molar-refractivity contribution in [1.82, 2.24) is 10.3 Å². The Morgan fingerprint density at radius 3 is 2.46 bits per heavy atom. The Balaban J connectivity index is 2.03. The monoisotopic (exact) mass is 363 g/mol. The summed E-state index contributed by atoms with van der Waals surface area (Å²) in [4.78, 5) is 25.6. The fourth-order valence-electron chi connectivity index (χ4n) is 2.74. The van der Waals surface area contributed by atoms with E-state index in [4.69, 9.17) is 14.2 Å². The van der Waals surface area contributed by atoms with Crippen LogP contribution < -0.4 is 19.6 Å². The molecule has 1 heterocycles. The molecule has 0 radical (unpaired) electrons. The quantitative estimate of drug-likeness (QED) is 0.587. The Kier molecular flexibility index (Phi) is 7.25. The molecular formula is C18H25N3O5. The highest BCUT2D eigenvalue weighted by Gasteiger charge is 2.19. The van der Waals surface area contributed by atoms with E-state index >= 15 is 0 Å². The molecule has 2 rings (SSSR count). The van der Waals surface area contributed by atoms with E-state index in [1.54, 1.807) is 24.1 Å². The van der Waals surface area contributed by atoms with Gasteiger partial charge in [0.25, 0.3) is 5.91 Å². The summed E-state index contributed by atoms with van der Waals surface area (Å²) >= 11 is 0. The molecule has 26 heavy (non-hydrogen) atoms. The van der Waals surface area contributed by atoms with E-state index in [2.05, 4.69) is 10.5 Å². The van der Waals surface area contributed by atoms with Crippen molar-refractivity contribution in [3.63, 3.8) is 0 Å². The minimum Gasteiger partial charge on any atom is -0.496 e. The molecule has 1 saturated heterocycles. The number of carbonyl (C=O) groups is 2. The highest BCUT2D eigenvalue weighted by atomic mass is 16.5. The number of amides is 2. The molecule has 0 spiro atoms. The van der Waals surface area contributed by atoms with Gasteiger partial charge in [0.2, 0.25) is 5.91 Å². The number of nitrogens with zero attached hydrogens (tertiary/aromatic N) is 2. The van der Waals surface area contributed by atoms with Crippen LogP contribution in [0.5, 0.6) is 17.2 Å². The number of carbonyl (C=O) groups excluding carboxylic acids is 2. The molecule has 1 fully saturated rings. The van der Waals surface area contributed by atoms with Crippen LogP contribution in [0.25, 0.3) is 0 Å². The molecule has 0 aliphatic carbocycles. The number of nitrogens with one attached hydrogen (secondary N) is 1. The van der Waals surface area contributed by atoms with E-state index in [0.717, 1.165) is 19.3 Å². The van der Waals surface area contributed by atoms with Gasteiger partial charge in [-0.15, -0.1) is 0 Å². The number of hydrogen-bond acceptors (Lipinski definition) is 6. The minimum atomic E-state index is -0.344. The smallest absolute Gasteiger partial charge is 0.259 e. The van der Waals surface area contributed by atoms with Gasteiger partial charge in [0.05, 0.1) is 33.1 Å². The maximum absolute atomic E-state index is 12.1. The van der Waals surface area contributed by atoms with Crippen LogP contribution in [-0.4, -0.2) is 57.3 Å². The molecule has 8 nitrogen and oxygen atoms in total. The molecule has 1 aliphatic heterocycles. The van der Waals surface area contributed by atoms with Crippen LogP contribution >= 0.6 is 0 Å². The lowest BCUT2D eigenvalue weighted by Gasteiger charge is -2.18. The standard InChI is InChI=1S/C18H25N3O5/c1-24-13-9-15(25-2)14(16(10-13)26-3)11-19-20-17(22)12-21-8-6-4-5-7-18(21)23/h9-11H,4-8,12H2,1-3H3,(H,20,22)/b19-11-. The first-order chi connectivity index (χ1) is 12.6. The van der Waals surface area contributed by atoms with Gasteiger partial charge in [0.15, 0.2) is 0 Å². The van der Waals surface area contributed by atoms with Gasteiger partial charge in [-0.25, -0.2) is 5.43 Å². The van der Waals surface area contributed by atoms with Gasteiger partial charge < -0.3 is 19.1 Å². The summed E-state index contributed by atoms with van der Waals surface area (Å²) in [5.74, 6) is 1.26. The second-order valence-electron chi connectivity index (χ2n) is 5.86. The molecule has 2 amide bonds. The van der Waals surface area contributed by atoms with Gasteiger partial charge in [-0.3, -0.25) is 9.59 Å². The zero-order chi connectivity index (χ0) is 18.9. The average molecular weight is 363 g/mol. The zero-order valence-corrected chi connectivity index (χ0v) is 15.4. The van der Waals surface area contributed by atoms with Crippen molar-refractivity contribution in [3.8, 4) is 17.2 Å². The number of rotatable bonds is 7. The van der Waals surface area contributed by atoms with Crippen LogP contribution in [0.3, 0.4) is 0 Å². The summed E-state index contributed by atoms with van der Waals surface area (Å²) in [7, 11) is 4.59. The molecule has 0 aromatic heterocycles. The van der Waals surface area contributed by atoms with Crippen molar-refractivity contribution in [1.29, 1.82) is 0 Å². The molecule has 1 N–H and O–H groups in total. The van der Waals surface area contributed by atoms with Crippen LogP contribution in [0.4, 0.5) is 0 Å². The summed E-state index contributed by atoms with van der Waals surface area (Å²) in [5.41, 5.74) is 3.02. The summed E-state index contributed by atoms with van der Waals surface area (Å²) in [5, 5.41) is 3.96. The lowest BCUT2D eigenvalue weighted by Crippen LogP contribution is -2.39. The number of ether oxygens (including phenoxy) is 3. The Bertz CT molecular complexity index is 650. The normalized spacial score (nSPS) is 14.9. The highest BCUT2D eigenvalue weighted by Crippen LogP contribution is 2.32. The Morgan fingerprint density at radius 1 is 1.15 bits per heavy atom. The van der Waals surface area contributed by atoms with Gasteiger partial charge >= 0.3 is 0 Å². The SMILES string of the molecule is COc1cc(OC)c(/C=N\NC(=O)CN2CCCCCC2=O)c(OC)c1. The van der Waals surface area contributed by atoms with Crippen molar-refractivity contribution in [2.24, 2.45) is 5.10 Å². The third kappa shape index (κ3) is 5.11. The molecule has 0 bridgehead atoms. The van der Waals surface area contributed by atoms with Crippen LogP contribution in [0.15, 0.2) is 17.2 Å². The van der Waals surface area contributed by atoms with E-state index in [9.17, 15) is 9.59 Å². The third-order valence-electron chi connectivity index (χ3n) is 4.14. The number of likely N-dealkylation sites (tertiary alicyclic amines) is 1. The number of benzene rings is 1. The van der Waals surface area contributed by atoms with Crippen molar-refractivity contribution in [2.75, 3.05) is 34.4 Å². The molecule has 142 valence electrons. The van der Waals surface area contributed by atoms with E-state index < -0.39 is 0 Å². The van der Waals surface area contributed by atoms with Crippen LogP contribution in [0, 0.1) is 0 Å². The maximum atomic E-state index is 12.1. The van der Waals surface area contributed by atoms with Gasteiger partial charge in [0.1, 0.15) is 23.8 Å². The van der Waals surface area contributed by atoms with E-state index in [1.807, 2.05) is 0 Å². The number of hydrazone groups is 1. The number of methoxy groups -OCH3 is 3. The lowest BCUT2D eigenvalue weighted by atomic mass is 10.2. The van der Waals surface area contributed by atoms with E-state index in [-0.39, 0.29) is 18.4 Å². The van der Waals surface area contributed by atoms with Crippen molar-refractivity contribution in [2.45, 2.75) is 25.7 Å². The maximum Gasteiger partial charge on any atom is 0.259 e. The Morgan fingerprint density at radius 2 is 1.85 bits per heavy atom. The molecular weight excluding hydrogens is 338 g/mol. The fourth-order valence-corrected chi connectivity index (χ4v) is 2.74. The summed E-state index contributed by atoms with van der Waals surface area (Å²) in [6.07, 6.45) is 4.75. The number of hydrogen-bond donors (Lipinski definition) is 1. The van der Waals surface area contributed by atoms with Crippen molar-refractivity contribution >= 4 is 18.0 Å². The first-order valence-corrected chi connectivity index (χ1v) is 8.48. The van der Waals surface area contributed by atoms with Crippen LogP contribution in [-0.2, 0) is 9.59 Å². The van der Waals surface area contributed by atoms with Gasteiger partial charge in [0, 0.05) is 25.1 Å². The van der Waals surface area contributed by atoms with Gasteiger partial charge in [-0.05, 0) is 12.8 Å². The lowest BCUT2D eigenvalue weighted by molar-refractivity contribution is -0.135. The molecule has 0 atom stereocenters.